The van der Waals surface area contributed by atoms with Gasteiger partial charge in [-0.3, -0.25) is 0 Å². The molecule has 0 bridgehead atoms. The molecule has 2 unspecified atom stereocenters. The maximum Gasteiger partial charge on any atom is -1.00 e. The first kappa shape index (κ1) is 33.5. The average Bonchev–Trinajstić information content (AvgIpc) is 3.02. The molecule has 30 heavy (non-hydrogen) atoms. The van der Waals surface area contributed by atoms with Crippen molar-refractivity contribution in [3.05, 3.63) is 46.8 Å². The summed E-state index contributed by atoms with van der Waals surface area (Å²) in [6.45, 7) is 30.7. The minimum atomic E-state index is -1.39. The average molecular weight is 576 g/mol. The molecule has 8 heteroatoms. The molecule has 0 nitrogen and oxygen atoms in total. The van der Waals surface area contributed by atoms with Gasteiger partial charge in [-0.2, -0.15) is 0 Å². The summed E-state index contributed by atoms with van der Waals surface area (Å²) in [4.78, 5) is 0. The molecule has 0 saturated heterocycles. The molecule has 0 N–H and O–H groups in total. The Morgan fingerprint density at radius 1 is 0.533 bits per heavy atom. The van der Waals surface area contributed by atoms with Crippen LogP contribution < -0.4 is 37.2 Å². The van der Waals surface area contributed by atoms with Crippen molar-refractivity contribution < 1.29 is 53.5 Å². The van der Waals surface area contributed by atoms with Crippen molar-refractivity contribution in [1.29, 1.82) is 0 Å². The number of allylic oxidation sites excluding steroid dienone is 8. The third kappa shape index (κ3) is 6.66. The topological polar surface area (TPSA) is 0 Å². The van der Waals surface area contributed by atoms with E-state index in [1.54, 1.807) is 10.4 Å². The molecule has 0 aliphatic heterocycles. The molecule has 0 aromatic rings. The van der Waals surface area contributed by atoms with Gasteiger partial charge < -0.3 is 37.2 Å². The van der Waals surface area contributed by atoms with Gasteiger partial charge >= 0.3 is 182 Å². The summed E-state index contributed by atoms with van der Waals surface area (Å²) in [7, 11) is -5.30. The number of hydrogen-bond acceptors (Lipinski definition) is 0. The zero-order chi connectivity index (χ0) is 21.1. The fourth-order valence-electron chi connectivity index (χ4n) is 3.75. The Kier molecular flexibility index (Phi) is 11.5. The molecule has 2 aliphatic carbocycles. The van der Waals surface area contributed by atoms with Crippen LogP contribution in [0.1, 0.15) is 0 Å². The van der Waals surface area contributed by atoms with Gasteiger partial charge in [0, 0.05) is 0 Å². The Hall–Kier alpha value is 1.28. The summed E-state index contributed by atoms with van der Waals surface area (Å²) in [6, 6.07) is 0. The quantitative estimate of drug-likeness (QED) is 0.353. The fraction of sp³-hybridized carbons (Fsp3) is 0.636. The van der Waals surface area contributed by atoms with Gasteiger partial charge in [-0.25, -0.2) is 0 Å². The van der Waals surface area contributed by atoms with E-state index in [9.17, 15) is 0 Å². The molecule has 0 aromatic heterocycles. The van der Waals surface area contributed by atoms with Crippen molar-refractivity contribution >= 4 is 32.3 Å². The summed E-state index contributed by atoms with van der Waals surface area (Å²) >= 11 is 0.153. The van der Waals surface area contributed by atoms with Crippen LogP contribution in [0, 0.1) is 0 Å². The van der Waals surface area contributed by atoms with Crippen LogP contribution in [0.25, 0.3) is 0 Å². The minimum Gasteiger partial charge on any atom is -1.00 e. The maximum atomic E-state index is 2.79. The van der Waals surface area contributed by atoms with Crippen molar-refractivity contribution in [2.24, 2.45) is 0 Å². The van der Waals surface area contributed by atoms with Crippen LogP contribution in [0.2, 0.25) is 86.1 Å². The fourth-order valence-corrected chi connectivity index (χ4v) is 17.1. The molecule has 0 amide bonds. The van der Waals surface area contributed by atoms with Gasteiger partial charge in [0.1, 0.15) is 0 Å². The zero-order valence-corrected chi connectivity index (χ0v) is 28.7. The zero-order valence-electron chi connectivity index (χ0n) is 21.0. The molecule has 0 saturated carbocycles. The largest absolute Gasteiger partial charge is 1.00 e. The predicted molar refractivity (Wildman–Crippen MR) is 133 cm³/mol. The van der Waals surface area contributed by atoms with E-state index >= 15 is 0 Å². The van der Waals surface area contributed by atoms with Gasteiger partial charge in [-0.15, -0.1) is 0 Å². The third-order valence-corrected chi connectivity index (χ3v) is 25.0. The van der Waals surface area contributed by atoms with Gasteiger partial charge in [0.15, 0.2) is 0 Å². The second-order valence-corrected chi connectivity index (χ2v) is 37.4. The molecule has 0 fully saturated rings. The Bertz CT molecular complexity index is 669. The van der Waals surface area contributed by atoms with Gasteiger partial charge in [-0.05, 0) is 0 Å². The summed E-state index contributed by atoms with van der Waals surface area (Å²) in [5.41, 5.74) is 0. The minimum absolute atomic E-state index is 0. The second-order valence-electron chi connectivity index (χ2n) is 12.6. The van der Waals surface area contributed by atoms with Crippen molar-refractivity contribution in [2.75, 3.05) is 0 Å². The Morgan fingerprint density at radius 2 is 0.800 bits per heavy atom. The first-order valence-electron chi connectivity index (χ1n) is 10.4. The van der Waals surface area contributed by atoms with Crippen molar-refractivity contribution in [1.82, 2.24) is 0 Å². The van der Waals surface area contributed by atoms with Crippen LogP contribution in [0.3, 0.4) is 0 Å². The van der Waals surface area contributed by atoms with Gasteiger partial charge in [0.05, 0.1) is 0 Å². The van der Waals surface area contributed by atoms with E-state index in [2.05, 4.69) is 115 Å². The van der Waals surface area contributed by atoms with E-state index in [0.717, 1.165) is 0 Å². The first-order valence-corrected chi connectivity index (χ1v) is 25.8. The molecule has 2 atom stereocenters. The number of rotatable bonds is 6. The second kappa shape index (κ2) is 10.3. The molecule has 0 heterocycles. The Morgan fingerprint density at radius 3 is 0.967 bits per heavy atom. The third-order valence-electron chi connectivity index (χ3n) is 6.29. The number of hydrogen-bond donors (Lipinski definition) is 0. The van der Waals surface area contributed by atoms with Crippen LogP contribution in [0.4, 0.5) is 0 Å². The van der Waals surface area contributed by atoms with Crippen molar-refractivity contribution in [3.8, 4) is 0 Å². The Balaban J connectivity index is 0. The van der Waals surface area contributed by atoms with E-state index in [1.165, 1.54) is 0 Å². The SMILES string of the molecule is C[Si](C)(C)C1=C[C]([V+3][C]2([Si](C)(C)C)C=CC([Si](C)(C)C)=C2)([Si](C)(C)C)C=C1.[Cl-].[Cl-].[Cl-]. The summed E-state index contributed by atoms with van der Waals surface area (Å²) in [6.07, 6.45) is 16.0. The van der Waals surface area contributed by atoms with E-state index in [1.807, 2.05) is 0 Å². The van der Waals surface area contributed by atoms with Crippen LogP contribution in [0.15, 0.2) is 46.8 Å². The molecular formula is C22H42Cl3Si4V. The molecule has 172 valence electrons. The van der Waals surface area contributed by atoms with Crippen LogP contribution in [-0.2, 0) is 16.3 Å². The summed E-state index contributed by atoms with van der Waals surface area (Å²) in [5.74, 6) is 0. The van der Waals surface area contributed by atoms with E-state index in [-0.39, 0.29) is 53.5 Å². The normalized spacial score (nSPS) is 26.1. The molecule has 2 aliphatic rings. The standard InChI is InChI=1S/2C11H21Si2.3ClH.V/c2*1-12(2,3)10-7-8-11(9-10)13(4,5)6;;;;/h2*7-9H,1-6H3;3*1H;/q;;;;;+3/p-3. The number of halogens is 3. The van der Waals surface area contributed by atoms with E-state index in [0.29, 0.717) is 7.50 Å². The summed E-state index contributed by atoms with van der Waals surface area (Å²) < 4.78 is 0.768. The van der Waals surface area contributed by atoms with Gasteiger partial charge in [0.2, 0.25) is 0 Å². The molecule has 0 aromatic carbocycles. The monoisotopic (exact) mass is 574 g/mol. The van der Waals surface area contributed by atoms with Crippen molar-refractivity contribution in [2.45, 2.75) is 86.1 Å². The summed E-state index contributed by atoms with van der Waals surface area (Å²) in [5, 5.41) is 3.39. The maximum absolute atomic E-state index is 2.79. The van der Waals surface area contributed by atoms with Gasteiger partial charge in [0.25, 0.3) is 0 Å². The van der Waals surface area contributed by atoms with E-state index < -0.39 is 32.3 Å². The molecule has 2 rings (SSSR count). The smallest absolute Gasteiger partial charge is 1.00 e. The molecular weight excluding hydrogens is 534 g/mol. The molecule has 0 radical (unpaired) electrons. The van der Waals surface area contributed by atoms with Gasteiger partial charge in [-0.1, -0.05) is 0 Å². The van der Waals surface area contributed by atoms with Crippen LogP contribution in [-0.4, -0.2) is 32.3 Å². The Labute approximate surface area is 217 Å². The van der Waals surface area contributed by atoms with Crippen LogP contribution >= 0.6 is 0 Å². The molecule has 0 spiro atoms. The van der Waals surface area contributed by atoms with E-state index in [4.69, 9.17) is 0 Å². The van der Waals surface area contributed by atoms with Crippen LogP contribution in [0.5, 0.6) is 0 Å². The van der Waals surface area contributed by atoms with Crippen molar-refractivity contribution in [3.63, 3.8) is 0 Å². The first-order chi connectivity index (χ1) is 11.8. The predicted octanol–water partition coefficient (Wildman–Crippen LogP) is -1.10.